The van der Waals surface area contributed by atoms with Crippen LogP contribution >= 0.6 is 11.6 Å². The smallest absolute Gasteiger partial charge is 0.238 e. The number of ether oxygens (including phenoxy) is 1. The van der Waals surface area contributed by atoms with Crippen LogP contribution in [-0.4, -0.2) is 9.97 Å². The minimum atomic E-state index is 0.330. The molecule has 0 amide bonds. The summed E-state index contributed by atoms with van der Waals surface area (Å²) < 4.78 is 5.65. The van der Waals surface area contributed by atoms with Gasteiger partial charge in [-0.3, -0.25) is 4.98 Å². The topological polar surface area (TPSA) is 35.0 Å². The SMILES string of the molecule is Cc1cc(C)cc(Oc2cncc(CCl)n2)c1. The standard InChI is InChI=1S/C13H13ClN2O/c1-9-3-10(2)5-12(4-9)17-13-8-15-7-11(6-14)16-13/h3-5,7-8H,6H2,1-2H3. The van der Waals surface area contributed by atoms with Gasteiger partial charge in [-0.25, -0.2) is 4.98 Å². The Labute approximate surface area is 105 Å². The molecule has 1 aromatic carbocycles. The molecule has 0 atom stereocenters. The van der Waals surface area contributed by atoms with Gasteiger partial charge >= 0.3 is 0 Å². The van der Waals surface area contributed by atoms with Crippen molar-refractivity contribution in [1.29, 1.82) is 0 Å². The summed E-state index contributed by atoms with van der Waals surface area (Å²) in [5.41, 5.74) is 3.01. The monoisotopic (exact) mass is 248 g/mol. The molecule has 0 saturated carbocycles. The van der Waals surface area contributed by atoms with Gasteiger partial charge in [0.25, 0.3) is 0 Å². The number of aromatic nitrogens is 2. The molecule has 0 aliphatic carbocycles. The van der Waals surface area contributed by atoms with Crippen LogP contribution in [0.4, 0.5) is 0 Å². The van der Waals surface area contributed by atoms with E-state index in [2.05, 4.69) is 16.0 Å². The van der Waals surface area contributed by atoms with Crippen LogP contribution in [0.3, 0.4) is 0 Å². The molecule has 0 bridgehead atoms. The third-order valence-corrected chi connectivity index (χ3v) is 2.49. The number of benzene rings is 1. The Kier molecular flexibility index (Phi) is 3.59. The minimum Gasteiger partial charge on any atom is -0.437 e. The van der Waals surface area contributed by atoms with E-state index in [1.807, 2.05) is 26.0 Å². The van der Waals surface area contributed by atoms with E-state index in [9.17, 15) is 0 Å². The number of hydrogen-bond donors (Lipinski definition) is 0. The van der Waals surface area contributed by atoms with Crippen LogP contribution in [0.1, 0.15) is 16.8 Å². The summed E-state index contributed by atoms with van der Waals surface area (Å²) in [6.45, 7) is 4.06. The molecule has 17 heavy (non-hydrogen) atoms. The van der Waals surface area contributed by atoms with E-state index in [1.54, 1.807) is 12.4 Å². The van der Waals surface area contributed by atoms with E-state index in [-0.39, 0.29) is 0 Å². The molecular formula is C13H13ClN2O. The largest absolute Gasteiger partial charge is 0.437 e. The molecule has 0 radical (unpaired) electrons. The maximum atomic E-state index is 5.69. The summed E-state index contributed by atoms with van der Waals surface area (Å²) in [6, 6.07) is 6.01. The molecule has 2 rings (SSSR count). The Morgan fingerprint density at radius 2 is 1.82 bits per heavy atom. The number of rotatable bonds is 3. The highest BCUT2D eigenvalue weighted by Gasteiger charge is 2.02. The second-order valence-corrected chi connectivity index (χ2v) is 4.18. The maximum Gasteiger partial charge on any atom is 0.238 e. The fraction of sp³-hybridized carbons (Fsp3) is 0.231. The first-order valence-corrected chi connectivity index (χ1v) is 5.84. The van der Waals surface area contributed by atoms with Crippen molar-refractivity contribution in [3.63, 3.8) is 0 Å². The summed E-state index contributed by atoms with van der Waals surface area (Å²) in [5, 5.41) is 0. The Bertz CT molecular complexity index is 508. The Morgan fingerprint density at radius 3 is 2.47 bits per heavy atom. The lowest BCUT2D eigenvalue weighted by atomic mass is 10.1. The molecule has 0 spiro atoms. The fourth-order valence-electron chi connectivity index (χ4n) is 1.61. The van der Waals surface area contributed by atoms with E-state index < -0.39 is 0 Å². The molecule has 3 nitrogen and oxygen atoms in total. The number of aryl methyl sites for hydroxylation is 2. The molecular weight excluding hydrogens is 236 g/mol. The van der Waals surface area contributed by atoms with Crippen molar-refractivity contribution in [2.75, 3.05) is 0 Å². The zero-order valence-electron chi connectivity index (χ0n) is 9.77. The lowest BCUT2D eigenvalue weighted by Gasteiger charge is -2.07. The lowest BCUT2D eigenvalue weighted by Crippen LogP contribution is -1.93. The van der Waals surface area contributed by atoms with E-state index in [1.165, 1.54) is 0 Å². The zero-order chi connectivity index (χ0) is 12.3. The number of nitrogens with zero attached hydrogens (tertiary/aromatic N) is 2. The Morgan fingerprint density at radius 1 is 1.12 bits per heavy atom. The van der Waals surface area contributed by atoms with Crippen LogP contribution in [0.25, 0.3) is 0 Å². The average Bonchev–Trinajstić information content (AvgIpc) is 2.28. The van der Waals surface area contributed by atoms with E-state index >= 15 is 0 Å². The molecule has 0 aliphatic rings. The third-order valence-electron chi connectivity index (χ3n) is 2.22. The second kappa shape index (κ2) is 5.15. The highest BCUT2D eigenvalue weighted by atomic mass is 35.5. The summed E-state index contributed by atoms with van der Waals surface area (Å²) >= 11 is 5.69. The molecule has 1 heterocycles. The first-order valence-electron chi connectivity index (χ1n) is 5.30. The number of alkyl halides is 1. The van der Waals surface area contributed by atoms with Gasteiger partial charge in [-0.05, 0) is 37.1 Å². The van der Waals surface area contributed by atoms with Gasteiger partial charge in [-0.1, -0.05) is 6.07 Å². The van der Waals surface area contributed by atoms with Crippen LogP contribution < -0.4 is 4.74 Å². The van der Waals surface area contributed by atoms with Gasteiger partial charge in [0.2, 0.25) is 5.88 Å². The van der Waals surface area contributed by atoms with Crippen molar-refractivity contribution in [2.24, 2.45) is 0 Å². The molecule has 2 aromatic rings. The van der Waals surface area contributed by atoms with Crippen LogP contribution in [-0.2, 0) is 5.88 Å². The molecule has 0 aliphatic heterocycles. The Hall–Kier alpha value is -1.61. The van der Waals surface area contributed by atoms with Crippen LogP contribution in [0.15, 0.2) is 30.6 Å². The molecule has 4 heteroatoms. The predicted octanol–water partition coefficient (Wildman–Crippen LogP) is 3.62. The normalized spacial score (nSPS) is 10.3. The first kappa shape index (κ1) is 11.9. The quantitative estimate of drug-likeness (QED) is 0.778. The van der Waals surface area contributed by atoms with Gasteiger partial charge in [0.1, 0.15) is 5.75 Å². The molecule has 0 fully saturated rings. The van der Waals surface area contributed by atoms with Crippen molar-refractivity contribution in [3.05, 3.63) is 47.4 Å². The summed E-state index contributed by atoms with van der Waals surface area (Å²) in [6.07, 6.45) is 3.20. The van der Waals surface area contributed by atoms with Gasteiger partial charge < -0.3 is 4.74 Å². The summed E-state index contributed by atoms with van der Waals surface area (Å²) in [4.78, 5) is 8.25. The van der Waals surface area contributed by atoms with Gasteiger partial charge in [-0.2, -0.15) is 0 Å². The third kappa shape index (κ3) is 3.17. The van der Waals surface area contributed by atoms with E-state index in [0.717, 1.165) is 16.9 Å². The molecule has 88 valence electrons. The Balaban J connectivity index is 2.24. The molecule has 0 N–H and O–H groups in total. The molecule has 0 saturated heterocycles. The van der Waals surface area contributed by atoms with Crippen molar-refractivity contribution >= 4 is 11.6 Å². The fourth-order valence-corrected chi connectivity index (χ4v) is 1.74. The minimum absolute atomic E-state index is 0.330. The molecule has 1 aromatic heterocycles. The van der Waals surface area contributed by atoms with Crippen LogP contribution in [0.5, 0.6) is 11.6 Å². The van der Waals surface area contributed by atoms with Gasteiger partial charge in [0.15, 0.2) is 0 Å². The summed E-state index contributed by atoms with van der Waals surface area (Å²) in [5.74, 6) is 1.56. The van der Waals surface area contributed by atoms with Crippen molar-refractivity contribution in [2.45, 2.75) is 19.7 Å². The molecule has 0 unspecified atom stereocenters. The maximum absolute atomic E-state index is 5.69. The number of hydrogen-bond acceptors (Lipinski definition) is 3. The predicted molar refractivity (Wildman–Crippen MR) is 67.6 cm³/mol. The number of halogens is 1. The highest BCUT2D eigenvalue weighted by molar-refractivity contribution is 6.16. The van der Waals surface area contributed by atoms with E-state index in [0.29, 0.717) is 17.5 Å². The van der Waals surface area contributed by atoms with E-state index in [4.69, 9.17) is 16.3 Å². The van der Waals surface area contributed by atoms with Gasteiger partial charge in [-0.15, -0.1) is 11.6 Å². The van der Waals surface area contributed by atoms with Gasteiger partial charge in [0.05, 0.1) is 17.8 Å². The van der Waals surface area contributed by atoms with Crippen LogP contribution in [0, 0.1) is 13.8 Å². The van der Waals surface area contributed by atoms with Crippen molar-refractivity contribution in [3.8, 4) is 11.6 Å². The lowest BCUT2D eigenvalue weighted by molar-refractivity contribution is 0.458. The zero-order valence-corrected chi connectivity index (χ0v) is 10.5. The second-order valence-electron chi connectivity index (χ2n) is 3.91. The van der Waals surface area contributed by atoms with Crippen LogP contribution in [0.2, 0.25) is 0 Å². The van der Waals surface area contributed by atoms with Crippen molar-refractivity contribution in [1.82, 2.24) is 9.97 Å². The van der Waals surface area contributed by atoms with Crippen molar-refractivity contribution < 1.29 is 4.74 Å². The highest BCUT2D eigenvalue weighted by Crippen LogP contribution is 2.21. The average molecular weight is 249 g/mol. The first-order chi connectivity index (χ1) is 8.17. The van der Waals surface area contributed by atoms with Gasteiger partial charge in [0, 0.05) is 6.20 Å². The summed E-state index contributed by atoms with van der Waals surface area (Å²) in [7, 11) is 0.